The number of nitrogens with one attached hydrogen (secondary N) is 8. The van der Waals surface area contributed by atoms with Crippen molar-refractivity contribution >= 4 is 103 Å². The van der Waals surface area contributed by atoms with Gasteiger partial charge in [0.05, 0.1) is 19.5 Å². The zero-order valence-corrected chi connectivity index (χ0v) is 41.3. The lowest BCUT2D eigenvalue weighted by Gasteiger charge is -2.29. The molecule has 1 fully saturated rings. The van der Waals surface area contributed by atoms with E-state index < -0.39 is 133 Å². The number of hydrogen-bond acceptors (Lipinski definition) is 14. The molecule has 0 saturated carbocycles. The molecule has 2 heterocycles. The number of benzene rings is 1. The molecule has 3 rings (SSSR count). The zero-order valence-electron chi connectivity index (χ0n) is 39.7. The first-order valence-electron chi connectivity index (χ1n) is 22.6. The molecule has 26 nitrogen and oxygen atoms in total. The molecule has 1 saturated heterocycles. The first-order chi connectivity index (χ1) is 33.6. The largest absolute Gasteiger partial charge is 0.370 e. The minimum atomic E-state index is -1.75. The van der Waals surface area contributed by atoms with E-state index in [2.05, 4.69) is 47.2 Å². The van der Waals surface area contributed by atoms with Gasteiger partial charge in [0.2, 0.25) is 65.0 Å². The first-order valence-corrected chi connectivity index (χ1v) is 25.1. The maximum absolute atomic E-state index is 14.2. The van der Waals surface area contributed by atoms with E-state index >= 15 is 0 Å². The van der Waals surface area contributed by atoms with Crippen LogP contribution in [0.3, 0.4) is 0 Å². The Labute approximate surface area is 417 Å². The Morgan fingerprint density at radius 3 is 2.17 bits per heavy atom. The van der Waals surface area contributed by atoms with Gasteiger partial charge in [0, 0.05) is 61.5 Å². The van der Waals surface area contributed by atoms with Gasteiger partial charge in [-0.3, -0.25) is 57.7 Å². The standard InChI is InChI=1S/C43H65N15O11S2/c1-4-22(2)36-41(68)54-27(11-12-31(44)59)38(65)55-29(17-32(45)60)39(66)56-30(42(69)58(3)20-35(63)52-26(10-7-14-49-43(47)48)37(64)51-19-33(46)61)21-71-70-15-13-34(62)53-28(40(67)57-36)16-23-18-50-25-9-6-5-8-24(23)25/h5-6,8-9,18,22,26-30,36,50H,4,7,10-17,19-21H2,1-3H3,(H2,44,59)(H2,45,60)(H2,46,61)(H,51,64)(H,52,63)(H,53,62)(H,54,68)(H,55,65)(H,56,66)(H,57,67)(H4,47,48,49)/t22-,26-,27+,28-,29-,30-,36-/m0/s1. The van der Waals surface area contributed by atoms with Crippen molar-refractivity contribution in [2.45, 2.75) is 101 Å². The highest BCUT2D eigenvalue weighted by molar-refractivity contribution is 8.76. The molecule has 0 radical (unpaired) electrons. The molecule has 11 amide bonds. The van der Waals surface area contributed by atoms with Crippen molar-refractivity contribution in [2.75, 3.05) is 38.2 Å². The summed E-state index contributed by atoms with van der Waals surface area (Å²) in [4.78, 5) is 154. The summed E-state index contributed by atoms with van der Waals surface area (Å²) in [5.41, 5.74) is 28.3. The van der Waals surface area contributed by atoms with Gasteiger partial charge in [-0.2, -0.15) is 0 Å². The van der Waals surface area contributed by atoms with Gasteiger partial charge < -0.3 is 75.8 Å². The van der Waals surface area contributed by atoms with Gasteiger partial charge in [0.1, 0.15) is 36.3 Å². The van der Waals surface area contributed by atoms with E-state index in [-0.39, 0.29) is 56.1 Å². The number of nitrogens with zero attached hydrogens (tertiary/aromatic N) is 2. The minimum absolute atomic E-state index is 0.00573. The first kappa shape index (κ1) is 58.2. The van der Waals surface area contributed by atoms with Crippen molar-refractivity contribution in [3.05, 3.63) is 36.0 Å². The number of rotatable bonds is 20. The van der Waals surface area contributed by atoms with E-state index in [1.165, 1.54) is 7.05 Å². The van der Waals surface area contributed by atoms with E-state index in [1.807, 2.05) is 24.3 Å². The number of carbonyl (C=O) groups excluding carboxylic acids is 11. The molecule has 0 bridgehead atoms. The smallest absolute Gasteiger partial charge is 0.246 e. The van der Waals surface area contributed by atoms with Crippen LogP contribution in [-0.4, -0.2) is 155 Å². The Morgan fingerprint density at radius 1 is 0.831 bits per heavy atom. The molecule has 7 atom stereocenters. The lowest BCUT2D eigenvalue weighted by molar-refractivity contribution is -0.139. The second-order valence-corrected chi connectivity index (χ2v) is 19.3. The Bertz CT molecular complexity index is 2290. The zero-order chi connectivity index (χ0) is 52.8. The van der Waals surface area contributed by atoms with Gasteiger partial charge in [-0.1, -0.05) is 60.1 Å². The number of primary amides is 3. The second kappa shape index (κ2) is 29.2. The van der Waals surface area contributed by atoms with E-state index in [9.17, 15) is 52.7 Å². The highest BCUT2D eigenvalue weighted by Crippen LogP contribution is 2.24. The van der Waals surface area contributed by atoms with Crippen LogP contribution in [0.1, 0.15) is 64.4 Å². The van der Waals surface area contributed by atoms with Crippen LogP contribution in [0.2, 0.25) is 0 Å². The molecular weight excluding hydrogens is 967 g/mol. The number of carbonyl (C=O) groups is 11. The molecule has 28 heteroatoms. The van der Waals surface area contributed by atoms with Gasteiger partial charge in [-0.25, -0.2) is 0 Å². The Balaban J connectivity index is 1.98. The fraction of sp³-hybridized carbons (Fsp3) is 0.535. The third-order valence-electron chi connectivity index (χ3n) is 11.0. The lowest BCUT2D eigenvalue weighted by atomic mass is 9.96. The summed E-state index contributed by atoms with van der Waals surface area (Å²) in [6.45, 7) is 2.36. The molecule has 2 aromatic rings. The van der Waals surface area contributed by atoms with Crippen LogP contribution in [0.4, 0.5) is 0 Å². The summed E-state index contributed by atoms with van der Waals surface area (Å²) < 4.78 is 0. The SMILES string of the molecule is CC[C@H](C)[C@@H]1NC(=O)[C@H](Cc2c[nH]c3ccccc23)NC(=O)CCSSC[C@@H](C(=O)N(C)CC(=O)N[C@@H](CCCN=C(N)N)C(=O)NCC(N)=O)NC(=O)[C@H](CC(N)=O)NC(=O)[C@@H](CCC(N)=O)NC1=O. The maximum Gasteiger partial charge on any atom is 0.246 e. The van der Waals surface area contributed by atoms with Crippen molar-refractivity contribution < 1.29 is 52.7 Å². The highest BCUT2D eigenvalue weighted by Gasteiger charge is 2.36. The average molecular weight is 1030 g/mol. The summed E-state index contributed by atoms with van der Waals surface area (Å²) in [6.07, 6.45) is 0.586. The quantitative estimate of drug-likeness (QED) is 0.0258. The molecule has 1 aliphatic rings. The predicted molar refractivity (Wildman–Crippen MR) is 265 cm³/mol. The van der Waals surface area contributed by atoms with Gasteiger partial charge in [-0.15, -0.1) is 0 Å². The molecule has 71 heavy (non-hydrogen) atoms. The molecule has 0 aliphatic carbocycles. The molecule has 1 aromatic heterocycles. The Hall–Kier alpha value is -7.10. The van der Waals surface area contributed by atoms with E-state index in [4.69, 9.17) is 28.7 Å². The molecule has 1 aliphatic heterocycles. The average Bonchev–Trinajstić information content (AvgIpc) is 3.72. The minimum Gasteiger partial charge on any atom is -0.370 e. The molecule has 390 valence electrons. The van der Waals surface area contributed by atoms with Gasteiger partial charge in [0.25, 0.3) is 0 Å². The molecule has 18 N–H and O–H groups in total. The van der Waals surface area contributed by atoms with Crippen LogP contribution in [-0.2, 0) is 59.2 Å². The molecular formula is C43H65N15O11S2. The van der Waals surface area contributed by atoms with E-state index in [0.717, 1.165) is 37.4 Å². The number of amides is 11. The van der Waals surface area contributed by atoms with E-state index in [0.29, 0.717) is 12.0 Å². The van der Waals surface area contributed by atoms with Crippen molar-refractivity contribution in [2.24, 2.45) is 39.6 Å². The highest BCUT2D eigenvalue weighted by atomic mass is 33.1. The van der Waals surface area contributed by atoms with Crippen molar-refractivity contribution in [3.63, 3.8) is 0 Å². The van der Waals surface area contributed by atoms with Gasteiger partial charge >= 0.3 is 0 Å². The third-order valence-corrected chi connectivity index (χ3v) is 13.4. The number of aliphatic imine (C=N–C) groups is 1. The van der Waals surface area contributed by atoms with Crippen LogP contribution in [0.15, 0.2) is 35.5 Å². The fourth-order valence-corrected chi connectivity index (χ4v) is 9.22. The van der Waals surface area contributed by atoms with Crippen molar-refractivity contribution in [3.8, 4) is 0 Å². The normalized spacial score (nSPS) is 20.5. The number of H-pyrrole nitrogens is 1. The van der Waals surface area contributed by atoms with Crippen molar-refractivity contribution in [1.82, 2.24) is 47.1 Å². The summed E-state index contributed by atoms with van der Waals surface area (Å²) in [5.74, 6) is -10.2. The second-order valence-electron chi connectivity index (χ2n) is 16.7. The number of likely N-dealkylation sites (N-methyl/N-ethyl adjacent to an activating group) is 1. The van der Waals surface area contributed by atoms with Crippen LogP contribution in [0.25, 0.3) is 10.9 Å². The fourth-order valence-electron chi connectivity index (χ4n) is 7.08. The van der Waals surface area contributed by atoms with E-state index in [1.54, 1.807) is 20.0 Å². The van der Waals surface area contributed by atoms with Crippen LogP contribution in [0.5, 0.6) is 0 Å². The Kier molecular flexibility index (Phi) is 23.9. The summed E-state index contributed by atoms with van der Waals surface area (Å²) in [5, 5.41) is 18.6. The van der Waals surface area contributed by atoms with Gasteiger partial charge in [-0.05, 0) is 36.8 Å². The monoisotopic (exact) mass is 1030 g/mol. The maximum atomic E-state index is 14.2. The molecule has 0 spiro atoms. The topological polar surface area (TPSA) is 433 Å². The summed E-state index contributed by atoms with van der Waals surface area (Å²) >= 11 is 0. The number of hydrogen-bond donors (Lipinski definition) is 13. The number of para-hydroxylation sites is 1. The van der Waals surface area contributed by atoms with Gasteiger partial charge in [0.15, 0.2) is 5.96 Å². The lowest BCUT2D eigenvalue weighted by Crippen LogP contribution is -2.61. The number of nitrogens with two attached hydrogens (primary N) is 5. The third kappa shape index (κ3) is 20.0. The van der Waals surface area contributed by atoms with Crippen LogP contribution < -0.4 is 65.9 Å². The van der Waals surface area contributed by atoms with Crippen LogP contribution in [0, 0.1) is 5.92 Å². The van der Waals surface area contributed by atoms with Crippen LogP contribution >= 0.6 is 21.6 Å². The van der Waals surface area contributed by atoms with Crippen molar-refractivity contribution in [1.29, 1.82) is 0 Å². The molecule has 0 unspecified atom stereocenters. The number of guanidine groups is 1. The number of aromatic amines is 1. The number of fused-ring (bicyclic) bond motifs is 1. The summed E-state index contributed by atoms with van der Waals surface area (Å²) in [6, 6.07) is -1.14. The predicted octanol–water partition coefficient (Wildman–Crippen LogP) is -4.30. The molecule has 1 aromatic carbocycles. The summed E-state index contributed by atoms with van der Waals surface area (Å²) in [7, 11) is 3.42. The Morgan fingerprint density at radius 2 is 1.51 bits per heavy atom. The number of aromatic nitrogens is 1.